The highest BCUT2D eigenvalue weighted by molar-refractivity contribution is 7.55. The highest BCUT2D eigenvalue weighted by Crippen LogP contribution is 2.30. The topological polar surface area (TPSA) is 0 Å². The number of hydrogen-bond donors (Lipinski definition) is 0. The average Bonchev–Trinajstić information content (AvgIpc) is 2.68. The summed E-state index contributed by atoms with van der Waals surface area (Å²) < 4.78 is 0. The van der Waals surface area contributed by atoms with Gasteiger partial charge in [-0.3, -0.25) is 0 Å². The Balaban J connectivity index is 2.03. The first kappa shape index (κ1) is 16.6. The van der Waals surface area contributed by atoms with Gasteiger partial charge < -0.3 is 0 Å². The van der Waals surface area contributed by atoms with Crippen LogP contribution in [0.15, 0.2) is 84.9 Å². The number of aryl methyl sites for hydroxylation is 1. The van der Waals surface area contributed by atoms with Crippen LogP contribution in [0, 0.1) is 0 Å². The number of benzene rings is 3. The molecule has 1 aliphatic heterocycles. The third-order valence-electron chi connectivity index (χ3n) is 6.30. The lowest BCUT2D eigenvalue weighted by atomic mass is 10.1. The maximum atomic E-state index is 2.63. The van der Waals surface area contributed by atoms with E-state index >= 15 is 0 Å². The fourth-order valence-electron chi connectivity index (χ4n) is 4.97. The third-order valence-corrected chi connectivity index (χ3v) is 23.7. The number of hydrogen-bond acceptors (Lipinski definition) is 0. The third kappa shape index (κ3) is 2.55. The summed E-state index contributed by atoms with van der Waals surface area (Å²) in [6, 6.07) is 33.6. The van der Waals surface area contributed by atoms with Crippen LogP contribution in [-0.2, 0) is 6.42 Å². The standard InChI is InChI=1S/C23H26Si2/c1-24(2,21-14-5-3-6-15-21)25(22-16-7-4-8-17-22)19-11-13-20-12-9-10-18-23(20)25/h3-10,12,14-18H,11,13,19H2,1-2H3/t25-/m0/s1. The van der Waals surface area contributed by atoms with Gasteiger partial charge in [0.25, 0.3) is 0 Å². The van der Waals surface area contributed by atoms with E-state index in [9.17, 15) is 0 Å². The lowest BCUT2D eigenvalue weighted by molar-refractivity contribution is 0.897. The second-order valence-corrected chi connectivity index (χ2v) is 21.3. The maximum Gasteiger partial charge on any atom is 0.116 e. The van der Waals surface area contributed by atoms with Crippen LogP contribution in [-0.4, -0.2) is 15.2 Å². The van der Waals surface area contributed by atoms with Crippen LogP contribution in [0.4, 0.5) is 0 Å². The molecule has 0 nitrogen and oxygen atoms in total. The van der Waals surface area contributed by atoms with E-state index in [0.29, 0.717) is 0 Å². The summed E-state index contributed by atoms with van der Waals surface area (Å²) in [5.74, 6) is 0. The van der Waals surface area contributed by atoms with Crippen LogP contribution < -0.4 is 15.6 Å². The predicted octanol–water partition coefficient (Wildman–Crippen LogP) is 3.89. The minimum Gasteiger partial charge on any atom is -0.0668 e. The van der Waals surface area contributed by atoms with Crippen molar-refractivity contribution in [3.63, 3.8) is 0 Å². The fraction of sp³-hybridized carbons (Fsp3) is 0.217. The molecule has 1 atom stereocenters. The van der Waals surface area contributed by atoms with Crippen LogP contribution in [0.1, 0.15) is 12.0 Å². The second-order valence-electron chi connectivity index (χ2n) is 7.77. The highest BCUT2D eigenvalue weighted by atomic mass is 29.3. The zero-order chi connectivity index (χ0) is 17.3. The Kier molecular flexibility index (Phi) is 4.26. The normalized spacial score (nSPS) is 20.1. The van der Waals surface area contributed by atoms with Gasteiger partial charge in [0.15, 0.2) is 0 Å². The molecule has 0 N–H and O–H groups in total. The zero-order valence-corrected chi connectivity index (χ0v) is 17.2. The van der Waals surface area contributed by atoms with E-state index in [-0.39, 0.29) is 0 Å². The van der Waals surface area contributed by atoms with Gasteiger partial charge in [0, 0.05) is 0 Å². The minimum absolute atomic E-state index is 1.25. The van der Waals surface area contributed by atoms with Gasteiger partial charge in [0.1, 0.15) is 7.59 Å². The molecule has 3 aromatic rings. The van der Waals surface area contributed by atoms with Crippen molar-refractivity contribution in [2.75, 3.05) is 0 Å². The summed E-state index contributed by atoms with van der Waals surface area (Å²) in [7, 11) is -3.49. The first-order chi connectivity index (χ1) is 12.2. The Morgan fingerprint density at radius 3 is 2.04 bits per heavy atom. The molecule has 0 saturated heterocycles. The van der Waals surface area contributed by atoms with Gasteiger partial charge in [0.05, 0.1) is 7.59 Å². The molecule has 0 spiro atoms. The van der Waals surface area contributed by atoms with Gasteiger partial charge in [-0.1, -0.05) is 126 Å². The molecule has 0 bridgehead atoms. The molecule has 0 fully saturated rings. The SMILES string of the molecule is C[Si](C)(c1ccccc1)[Si@]1(c2ccccc2)CCCc2ccccc21. The summed E-state index contributed by atoms with van der Waals surface area (Å²) in [6.45, 7) is 5.26. The molecule has 0 aromatic heterocycles. The van der Waals surface area contributed by atoms with Crippen molar-refractivity contribution in [3.05, 3.63) is 90.5 Å². The molecule has 25 heavy (non-hydrogen) atoms. The molecule has 1 heterocycles. The summed E-state index contributed by atoms with van der Waals surface area (Å²) in [5, 5.41) is 4.97. The van der Waals surface area contributed by atoms with Crippen LogP contribution >= 0.6 is 0 Å². The van der Waals surface area contributed by atoms with Gasteiger partial charge >= 0.3 is 0 Å². The summed E-state index contributed by atoms with van der Waals surface area (Å²) in [5.41, 5.74) is 1.61. The van der Waals surface area contributed by atoms with Crippen LogP contribution in [0.2, 0.25) is 19.1 Å². The van der Waals surface area contributed by atoms with Gasteiger partial charge in [-0.25, -0.2) is 0 Å². The molecule has 0 unspecified atom stereocenters. The fourth-order valence-corrected chi connectivity index (χ4v) is 21.8. The summed E-state index contributed by atoms with van der Waals surface area (Å²) in [6.07, 6.45) is 2.58. The molecule has 4 rings (SSSR count). The van der Waals surface area contributed by atoms with E-state index in [1.54, 1.807) is 21.1 Å². The Hall–Kier alpha value is -1.91. The van der Waals surface area contributed by atoms with Crippen LogP contribution in [0.5, 0.6) is 0 Å². The molecule has 126 valence electrons. The van der Waals surface area contributed by atoms with Gasteiger partial charge in [-0.15, -0.1) is 0 Å². The van der Waals surface area contributed by atoms with Crippen LogP contribution in [0.25, 0.3) is 0 Å². The smallest absolute Gasteiger partial charge is 0.0668 e. The quantitative estimate of drug-likeness (QED) is 0.623. The zero-order valence-electron chi connectivity index (χ0n) is 15.2. The predicted molar refractivity (Wildman–Crippen MR) is 115 cm³/mol. The van der Waals surface area contributed by atoms with E-state index in [1.807, 2.05) is 0 Å². The van der Waals surface area contributed by atoms with Crippen molar-refractivity contribution >= 4 is 30.7 Å². The van der Waals surface area contributed by atoms with Crippen molar-refractivity contribution in [2.24, 2.45) is 0 Å². The van der Waals surface area contributed by atoms with Gasteiger partial charge in [-0.05, 0) is 12.0 Å². The van der Waals surface area contributed by atoms with Crippen molar-refractivity contribution in [1.82, 2.24) is 0 Å². The molecule has 1 aliphatic rings. The highest BCUT2D eigenvalue weighted by Gasteiger charge is 2.53. The van der Waals surface area contributed by atoms with Gasteiger partial charge in [-0.2, -0.15) is 0 Å². The minimum atomic E-state index is -1.81. The van der Waals surface area contributed by atoms with Crippen molar-refractivity contribution in [3.8, 4) is 0 Å². The lowest BCUT2D eigenvalue weighted by Crippen LogP contribution is -2.79. The van der Waals surface area contributed by atoms with E-state index in [2.05, 4.69) is 98.0 Å². The first-order valence-corrected chi connectivity index (χ1v) is 15.6. The van der Waals surface area contributed by atoms with Crippen molar-refractivity contribution < 1.29 is 0 Å². The van der Waals surface area contributed by atoms with Crippen molar-refractivity contribution in [1.29, 1.82) is 0 Å². The maximum absolute atomic E-state index is 2.63. The molecular formula is C23H26Si2. The summed E-state index contributed by atoms with van der Waals surface area (Å²) >= 11 is 0. The van der Waals surface area contributed by atoms with Crippen molar-refractivity contribution in [2.45, 2.75) is 32.0 Å². The molecule has 0 aliphatic carbocycles. The number of rotatable bonds is 3. The molecule has 0 amide bonds. The van der Waals surface area contributed by atoms with Crippen LogP contribution in [0.3, 0.4) is 0 Å². The number of fused-ring (bicyclic) bond motifs is 1. The van der Waals surface area contributed by atoms with E-state index in [4.69, 9.17) is 0 Å². The monoisotopic (exact) mass is 358 g/mol. The Morgan fingerprint density at radius 2 is 1.32 bits per heavy atom. The molecule has 0 radical (unpaired) electrons. The van der Waals surface area contributed by atoms with E-state index in [1.165, 1.54) is 18.9 Å². The second kappa shape index (κ2) is 6.43. The Labute approximate surface area is 153 Å². The molecule has 3 aromatic carbocycles. The lowest BCUT2D eigenvalue weighted by Gasteiger charge is -2.48. The van der Waals surface area contributed by atoms with E-state index in [0.717, 1.165) is 0 Å². The summed E-state index contributed by atoms with van der Waals surface area (Å²) in [4.78, 5) is 0. The first-order valence-electron chi connectivity index (χ1n) is 9.36. The average molecular weight is 359 g/mol. The molecular weight excluding hydrogens is 332 g/mol. The largest absolute Gasteiger partial charge is 0.116 e. The molecule has 2 heteroatoms. The van der Waals surface area contributed by atoms with E-state index < -0.39 is 15.2 Å². The molecule has 0 saturated carbocycles. The van der Waals surface area contributed by atoms with Gasteiger partial charge in [0.2, 0.25) is 0 Å². The Bertz CT molecular complexity index is 856. The Morgan fingerprint density at radius 1 is 0.720 bits per heavy atom.